The minimum atomic E-state index is -0.879. The topological polar surface area (TPSA) is 194 Å². The summed E-state index contributed by atoms with van der Waals surface area (Å²) in [7, 11) is 0. The third-order valence-electron chi connectivity index (χ3n) is 15.2. The fourth-order valence-corrected chi connectivity index (χ4v) is 11.3. The van der Waals surface area contributed by atoms with Crippen LogP contribution in [0.25, 0.3) is 0 Å². The van der Waals surface area contributed by atoms with Gasteiger partial charge in [-0.15, -0.1) is 0 Å². The fourth-order valence-electron chi connectivity index (χ4n) is 11.2. The molecule has 0 saturated heterocycles. The van der Waals surface area contributed by atoms with Gasteiger partial charge in [0.1, 0.15) is 41.0 Å². The van der Waals surface area contributed by atoms with E-state index in [1.807, 2.05) is 111 Å². The van der Waals surface area contributed by atoms with Crippen LogP contribution in [-0.4, -0.2) is 131 Å². The van der Waals surface area contributed by atoms with Gasteiger partial charge in [-0.3, -0.25) is 28.8 Å². The highest BCUT2D eigenvalue weighted by atomic mass is 35.5. The number of esters is 1. The van der Waals surface area contributed by atoms with Crippen LogP contribution in [0.5, 0.6) is 0 Å². The molecule has 7 rings (SSSR count). The second-order valence-electron chi connectivity index (χ2n) is 27.2. The van der Waals surface area contributed by atoms with E-state index < -0.39 is 34.9 Å². The number of Topliss-reactive ketones (excluding diaryl/α,β-unsaturated/α-hetero) is 1. The van der Waals surface area contributed by atoms with Gasteiger partial charge in [0, 0.05) is 93.8 Å². The summed E-state index contributed by atoms with van der Waals surface area (Å²) < 4.78 is 82.2. The monoisotopic (exact) mass is 1590 g/mol. The van der Waals surface area contributed by atoms with Crippen LogP contribution in [-0.2, 0) is 4.74 Å². The summed E-state index contributed by atoms with van der Waals surface area (Å²) in [6.45, 7) is 45.7. The van der Waals surface area contributed by atoms with E-state index in [0.29, 0.717) is 56.6 Å². The van der Waals surface area contributed by atoms with Crippen LogP contribution in [0, 0.1) is 34.9 Å². The van der Waals surface area contributed by atoms with Gasteiger partial charge in [-0.2, -0.15) is 0 Å². The summed E-state index contributed by atoms with van der Waals surface area (Å²) in [6.07, 6.45) is -2.07. The number of halogens is 7. The van der Waals surface area contributed by atoms with Gasteiger partial charge in [0.15, 0.2) is 5.78 Å². The largest absolute Gasteiger partial charge is 0.454 e. The van der Waals surface area contributed by atoms with Gasteiger partial charge in [0.2, 0.25) is 0 Å². The average Bonchev–Trinajstić information content (AvgIpc) is 1.79. The van der Waals surface area contributed by atoms with Crippen molar-refractivity contribution >= 4 is 52.2 Å². The minimum Gasteiger partial charge on any atom is -0.454 e. The summed E-state index contributed by atoms with van der Waals surface area (Å²) in [4.78, 5) is 89.7. The lowest BCUT2D eigenvalue weighted by Crippen LogP contribution is -2.42. The zero-order valence-electron chi connectivity index (χ0n) is 63.6. The van der Waals surface area contributed by atoms with Crippen molar-refractivity contribution in [1.29, 1.82) is 0 Å². The van der Waals surface area contributed by atoms with Crippen LogP contribution in [0.15, 0.2) is 121 Å². The number of ether oxygens (including phenoxy) is 1. The lowest BCUT2D eigenvalue weighted by Gasteiger charge is -2.31. The molecular weight excluding hydrogens is 1450 g/mol. The zero-order valence-corrected chi connectivity index (χ0v) is 64.4. The molecule has 0 aromatic heterocycles. The maximum atomic E-state index is 13.3. The smallest absolute Gasteiger partial charge is 0.339 e. The number of carbonyl (C=O) groups is 7. The maximum Gasteiger partial charge on any atom is 0.339 e. The van der Waals surface area contributed by atoms with Crippen molar-refractivity contribution in [3.05, 3.63) is 212 Å². The summed E-state index contributed by atoms with van der Waals surface area (Å²) in [5.74, 6) is -3.77. The molecule has 3 atom stereocenters. The SMILES string of the molecule is C.C.C.C.C.C.C.C.C.CC(=O)c1cc(F)ccc1C(=O)N(C(C)C)C(C)C.CC(C)N(C(=O)c1ccc(F)cc1)C(C)C.CC(C)N(C(=O)c1ccc(F)cc1[C@H](C)O)C(C)C.CC(C)NC(C)C.CC(O)c1cc(F)ccc1C(=O)N(C(C)C)C(C)C.C[C@@H]1OC(=O)c2ccc(F)cc21.O=C(Cl)c1ccc(F)cc1. The van der Waals surface area contributed by atoms with E-state index in [0.717, 1.165) is 6.07 Å². The summed E-state index contributed by atoms with van der Waals surface area (Å²) in [6, 6.07) is 28.0. The number of aliphatic hydroxyl groups excluding tert-OH is 2. The zero-order chi connectivity index (χ0) is 78.7. The molecule has 0 radical (unpaired) electrons. The van der Waals surface area contributed by atoms with Gasteiger partial charge >= 0.3 is 5.97 Å². The van der Waals surface area contributed by atoms with E-state index in [2.05, 4.69) is 33.0 Å². The minimum absolute atomic E-state index is 0. The summed E-state index contributed by atoms with van der Waals surface area (Å²) >= 11 is 5.09. The first-order valence-electron chi connectivity index (χ1n) is 34.2. The molecule has 0 spiro atoms. The average molecular weight is 1590 g/mol. The molecule has 1 unspecified atom stereocenters. The number of hydrogen-bond acceptors (Lipinski definition) is 11. The number of carbonyl (C=O) groups excluding carboxylic acids is 7. The molecule has 3 N–H and O–H groups in total. The van der Waals surface area contributed by atoms with Gasteiger partial charge in [-0.05, 0) is 283 Å². The molecule has 0 bridgehead atoms. The molecule has 22 heteroatoms. The predicted octanol–water partition coefficient (Wildman–Crippen LogP) is 24.0. The summed E-state index contributed by atoms with van der Waals surface area (Å²) in [5.41, 5.74) is 3.73. The Balaban J connectivity index is -0.000000157. The lowest BCUT2D eigenvalue weighted by atomic mass is 10.0. The second kappa shape index (κ2) is 57.7. The molecule has 6 aromatic rings. The van der Waals surface area contributed by atoms with Crippen LogP contribution in [0.3, 0.4) is 0 Å². The predicted molar refractivity (Wildman–Crippen MR) is 453 cm³/mol. The molecule has 0 saturated carbocycles. The van der Waals surface area contributed by atoms with E-state index in [1.165, 1.54) is 136 Å². The molecule has 0 fully saturated rings. The quantitative estimate of drug-likeness (QED) is 0.0321. The Morgan fingerprint density at radius 3 is 0.910 bits per heavy atom. The Kier molecular flexibility index (Phi) is 63.0. The highest BCUT2D eigenvalue weighted by molar-refractivity contribution is 6.67. The van der Waals surface area contributed by atoms with Crippen LogP contribution >= 0.6 is 11.6 Å². The highest BCUT2D eigenvalue weighted by Crippen LogP contribution is 2.31. The number of amides is 4. The standard InChI is InChI=1S/2C15H22FNO2.C15H20FNO2.C13H18FNO.C9H7FO2.C7H4ClFO.C6H15N.9CH4/c3*1-9(2)17(10(3)4)15(19)13-7-6-12(16)8-14(13)11(5)18;1-9(2)15(10(3)4)13(16)11-5-7-12(14)8-6-11;1-5-8-4-6(10)2-3-7(8)9(11)12-5;8-7(10)5-1-3-6(9)4-2-5;1-5(2)7-6(3)4;;;;;;;;;/h2*6-11,18H,1-5H3;6-10H,1-5H3;5-10H,1-4H3;2-5H,1H3;1-4H;5-7H,1-4H3;9*1H4/t11-;;;;5-;;;;;;;;;;;/m0...0.........../s1. The van der Waals surface area contributed by atoms with E-state index >= 15 is 0 Å². The van der Waals surface area contributed by atoms with Crippen molar-refractivity contribution in [2.75, 3.05) is 0 Å². The Hall–Kier alpha value is -8.24. The molecule has 4 amide bonds. The van der Waals surface area contributed by atoms with Crippen molar-refractivity contribution in [1.82, 2.24) is 24.9 Å². The third kappa shape index (κ3) is 39.7. The van der Waals surface area contributed by atoms with Crippen molar-refractivity contribution in [3.8, 4) is 0 Å². The van der Waals surface area contributed by atoms with E-state index in [9.17, 15) is 70.1 Å². The van der Waals surface area contributed by atoms with Gasteiger partial charge in [-0.25, -0.2) is 31.1 Å². The number of nitrogens with one attached hydrogen (secondary N) is 1. The number of cyclic esters (lactones) is 1. The lowest BCUT2D eigenvalue weighted by molar-refractivity contribution is 0.0420. The molecule has 1 aliphatic heterocycles. The van der Waals surface area contributed by atoms with Crippen molar-refractivity contribution in [2.45, 2.75) is 312 Å². The fraction of sp³-hybridized carbons (Fsp3) is 0.517. The third-order valence-corrected chi connectivity index (χ3v) is 15.4. The van der Waals surface area contributed by atoms with Gasteiger partial charge in [0.25, 0.3) is 28.9 Å². The normalized spacial score (nSPS) is 11.6. The first-order valence-corrected chi connectivity index (χ1v) is 34.6. The first-order chi connectivity index (χ1) is 47.2. The molecule has 111 heavy (non-hydrogen) atoms. The molecule has 6 aromatic carbocycles. The van der Waals surface area contributed by atoms with Crippen LogP contribution in [0.1, 0.15) is 341 Å². The number of ketones is 1. The van der Waals surface area contributed by atoms with Crippen LogP contribution in [0.4, 0.5) is 26.3 Å². The Morgan fingerprint density at radius 2 is 0.631 bits per heavy atom. The molecular formula is C89H144ClF6N5O10. The van der Waals surface area contributed by atoms with Gasteiger partial charge in [-0.1, -0.05) is 94.5 Å². The van der Waals surface area contributed by atoms with Crippen molar-refractivity contribution < 1.29 is 74.9 Å². The van der Waals surface area contributed by atoms with Crippen molar-refractivity contribution in [3.63, 3.8) is 0 Å². The second-order valence-corrected chi connectivity index (χ2v) is 27.5. The number of aliphatic hydroxyl groups is 2. The number of rotatable bonds is 18. The Bertz CT molecular complexity index is 3550. The Morgan fingerprint density at radius 1 is 0.369 bits per heavy atom. The van der Waals surface area contributed by atoms with E-state index in [-0.39, 0.29) is 185 Å². The number of benzene rings is 6. The van der Waals surface area contributed by atoms with Crippen molar-refractivity contribution in [2.24, 2.45) is 0 Å². The molecule has 15 nitrogen and oxygen atoms in total. The summed E-state index contributed by atoms with van der Waals surface area (Å²) in [5, 5.41) is 22.1. The van der Waals surface area contributed by atoms with Gasteiger partial charge in [0.05, 0.1) is 23.3 Å². The highest BCUT2D eigenvalue weighted by Gasteiger charge is 2.30. The van der Waals surface area contributed by atoms with Crippen LogP contribution < -0.4 is 5.32 Å². The number of hydrogen-bond donors (Lipinski definition) is 3. The number of fused-ring (bicyclic) bond motifs is 1. The molecule has 634 valence electrons. The molecule has 0 aliphatic carbocycles. The maximum absolute atomic E-state index is 13.3. The first kappa shape index (κ1) is 121. The van der Waals surface area contributed by atoms with E-state index in [1.54, 1.807) is 26.5 Å². The number of nitrogens with zero attached hydrogens (tertiary/aromatic N) is 4. The molecule has 1 heterocycles. The Labute approximate surface area is 672 Å². The van der Waals surface area contributed by atoms with Gasteiger partial charge < -0.3 is 39.9 Å². The van der Waals surface area contributed by atoms with E-state index in [4.69, 9.17) is 16.3 Å². The van der Waals surface area contributed by atoms with Crippen LogP contribution in [0.2, 0.25) is 0 Å². The molecule has 1 aliphatic rings.